The highest BCUT2D eigenvalue weighted by Gasteiger charge is 2.19. The molecular weight excluding hydrogens is 356 g/mol. The lowest BCUT2D eigenvalue weighted by molar-refractivity contribution is -0.134. The Hall–Kier alpha value is -3.02. The Labute approximate surface area is 166 Å². The van der Waals surface area contributed by atoms with Crippen LogP contribution in [0.5, 0.6) is 11.5 Å². The molecule has 0 aliphatic rings. The number of nitrogens with one attached hydrogen (secondary N) is 2. The molecule has 0 fully saturated rings. The average Bonchev–Trinajstić information content (AvgIpc) is 2.70. The second-order valence-corrected chi connectivity index (χ2v) is 6.88. The summed E-state index contributed by atoms with van der Waals surface area (Å²) in [7, 11) is 0. The van der Waals surface area contributed by atoms with E-state index in [-0.39, 0.29) is 6.61 Å². The van der Waals surface area contributed by atoms with Crippen molar-refractivity contribution in [1.29, 1.82) is 0 Å². The third-order valence-electron chi connectivity index (χ3n) is 4.20. The molecule has 0 spiro atoms. The van der Waals surface area contributed by atoms with E-state index in [1.807, 2.05) is 62.4 Å². The third-order valence-corrected chi connectivity index (χ3v) is 4.20. The molecule has 0 aliphatic heterocycles. The fourth-order valence-corrected chi connectivity index (χ4v) is 2.45. The molecule has 28 heavy (non-hydrogen) atoms. The Balaban J connectivity index is 1.77. The van der Waals surface area contributed by atoms with E-state index < -0.39 is 17.9 Å². The number of hydrogen-bond donors (Lipinski definition) is 2. The zero-order chi connectivity index (χ0) is 20.5. The fourth-order valence-electron chi connectivity index (χ4n) is 2.45. The van der Waals surface area contributed by atoms with Gasteiger partial charge in [0, 0.05) is 0 Å². The van der Waals surface area contributed by atoms with Gasteiger partial charge in [0.2, 0.25) is 0 Å². The topological polar surface area (TPSA) is 76.7 Å². The lowest BCUT2D eigenvalue weighted by Crippen LogP contribution is -2.49. The molecule has 6 heteroatoms. The molecule has 2 aromatic carbocycles. The Morgan fingerprint density at radius 3 is 2.11 bits per heavy atom. The number of benzene rings is 2. The smallest absolute Gasteiger partial charge is 0.279 e. The van der Waals surface area contributed by atoms with E-state index in [0.717, 1.165) is 5.56 Å². The molecule has 0 bridgehead atoms. The van der Waals surface area contributed by atoms with E-state index in [9.17, 15) is 9.59 Å². The number of amides is 2. The van der Waals surface area contributed by atoms with Crippen LogP contribution in [0.3, 0.4) is 0 Å². The number of carbonyl (C=O) groups excluding carboxylic acids is 2. The molecule has 0 aromatic heterocycles. The Bertz CT molecular complexity index is 770. The first-order valence-electron chi connectivity index (χ1n) is 9.43. The summed E-state index contributed by atoms with van der Waals surface area (Å²) in [6.45, 7) is 7.83. The summed E-state index contributed by atoms with van der Waals surface area (Å²) in [5.41, 5.74) is 7.04. The van der Waals surface area contributed by atoms with Gasteiger partial charge < -0.3 is 9.47 Å². The summed E-state index contributed by atoms with van der Waals surface area (Å²) in [5, 5.41) is 0. The van der Waals surface area contributed by atoms with Gasteiger partial charge in [0.05, 0.1) is 0 Å². The van der Waals surface area contributed by atoms with Crippen molar-refractivity contribution in [2.75, 3.05) is 6.61 Å². The summed E-state index contributed by atoms with van der Waals surface area (Å²) in [5.74, 6) is 0.762. The summed E-state index contributed by atoms with van der Waals surface area (Å²) in [4.78, 5) is 24.1. The van der Waals surface area contributed by atoms with Crippen LogP contribution in [0.25, 0.3) is 0 Å². The molecule has 0 saturated carbocycles. The van der Waals surface area contributed by atoms with Crippen LogP contribution in [0.15, 0.2) is 48.5 Å². The van der Waals surface area contributed by atoms with Gasteiger partial charge in [-0.25, -0.2) is 0 Å². The third kappa shape index (κ3) is 6.61. The normalized spacial score (nSPS) is 11.6. The van der Waals surface area contributed by atoms with Gasteiger partial charge in [0.1, 0.15) is 11.5 Å². The average molecular weight is 384 g/mol. The lowest BCUT2D eigenvalue weighted by atomic mass is 10.0. The number of rotatable bonds is 8. The maximum Gasteiger partial charge on any atom is 0.279 e. The molecular formula is C22H28N2O4. The zero-order valence-electron chi connectivity index (χ0n) is 16.8. The molecule has 150 valence electrons. The Morgan fingerprint density at radius 1 is 0.929 bits per heavy atom. The van der Waals surface area contributed by atoms with Crippen molar-refractivity contribution in [2.45, 2.75) is 46.1 Å². The predicted molar refractivity (Wildman–Crippen MR) is 108 cm³/mol. The highest BCUT2D eigenvalue weighted by atomic mass is 16.5. The minimum atomic E-state index is -0.701. The fraction of sp³-hybridized carbons (Fsp3) is 0.364. The molecule has 1 atom stereocenters. The van der Waals surface area contributed by atoms with Crippen LogP contribution >= 0.6 is 0 Å². The van der Waals surface area contributed by atoms with Gasteiger partial charge in [0.15, 0.2) is 12.7 Å². The lowest BCUT2D eigenvalue weighted by Gasteiger charge is -2.17. The molecule has 2 rings (SSSR count). The number of hydrazine groups is 1. The predicted octanol–water partition coefficient (Wildman–Crippen LogP) is 3.50. The second kappa shape index (κ2) is 10.3. The van der Waals surface area contributed by atoms with Crippen LogP contribution in [-0.4, -0.2) is 24.5 Å². The molecule has 0 radical (unpaired) electrons. The maximum atomic E-state index is 12.2. The Kier molecular flexibility index (Phi) is 7.87. The highest BCUT2D eigenvalue weighted by molar-refractivity contribution is 5.85. The first-order valence-corrected chi connectivity index (χ1v) is 9.43. The van der Waals surface area contributed by atoms with E-state index in [0.29, 0.717) is 23.8 Å². The molecule has 2 N–H and O–H groups in total. The molecule has 0 aliphatic carbocycles. The van der Waals surface area contributed by atoms with Gasteiger partial charge in [-0.15, -0.1) is 0 Å². The molecule has 0 heterocycles. The first kappa shape index (κ1) is 21.3. The van der Waals surface area contributed by atoms with E-state index >= 15 is 0 Å². The Morgan fingerprint density at radius 2 is 1.54 bits per heavy atom. The van der Waals surface area contributed by atoms with Gasteiger partial charge in [-0.1, -0.05) is 50.6 Å². The van der Waals surface area contributed by atoms with E-state index in [2.05, 4.69) is 24.7 Å². The van der Waals surface area contributed by atoms with Crippen molar-refractivity contribution in [3.05, 3.63) is 59.7 Å². The molecule has 1 unspecified atom stereocenters. The number of aryl methyl sites for hydroxylation is 1. The van der Waals surface area contributed by atoms with Crippen molar-refractivity contribution >= 4 is 11.8 Å². The quantitative estimate of drug-likeness (QED) is 0.683. The standard InChI is InChI=1S/C22H28N2O4/c1-5-20(28-19-10-6-16(4)7-11-19)22(26)24-23-21(25)14-27-18-12-8-17(9-13-18)15(2)3/h6-13,15,20H,5,14H2,1-4H3,(H,23,25)(H,24,26). The van der Waals surface area contributed by atoms with Crippen LogP contribution in [0.1, 0.15) is 44.2 Å². The molecule has 2 aromatic rings. The molecule has 6 nitrogen and oxygen atoms in total. The van der Waals surface area contributed by atoms with E-state index in [4.69, 9.17) is 9.47 Å². The number of ether oxygens (including phenoxy) is 2. The van der Waals surface area contributed by atoms with Crippen molar-refractivity contribution in [1.82, 2.24) is 10.9 Å². The number of hydrogen-bond acceptors (Lipinski definition) is 4. The van der Waals surface area contributed by atoms with Gasteiger partial charge >= 0.3 is 0 Å². The van der Waals surface area contributed by atoms with Gasteiger partial charge in [-0.3, -0.25) is 20.4 Å². The monoisotopic (exact) mass is 384 g/mol. The minimum absolute atomic E-state index is 0.198. The summed E-state index contributed by atoms with van der Waals surface area (Å²) < 4.78 is 11.1. The minimum Gasteiger partial charge on any atom is -0.484 e. The van der Waals surface area contributed by atoms with Gasteiger partial charge in [0.25, 0.3) is 11.8 Å². The first-order chi connectivity index (χ1) is 13.4. The highest BCUT2D eigenvalue weighted by Crippen LogP contribution is 2.18. The summed E-state index contributed by atoms with van der Waals surface area (Å²) in [6.07, 6.45) is -0.235. The van der Waals surface area contributed by atoms with Crippen LogP contribution in [0, 0.1) is 6.92 Å². The van der Waals surface area contributed by atoms with E-state index in [1.165, 1.54) is 5.56 Å². The van der Waals surface area contributed by atoms with Crippen LogP contribution in [0.4, 0.5) is 0 Å². The maximum absolute atomic E-state index is 12.2. The van der Waals surface area contributed by atoms with Crippen molar-refractivity contribution in [2.24, 2.45) is 0 Å². The molecule has 0 saturated heterocycles. The van der Waals surface area contributed by atoms with Crippen LogP contribution in [-0.2, 0) is 9.59 Å². The van der Waals surface area contributed by atoms with Crippen LogP contribution in [0.2, 0.25) is 0 Å². The second-order valence-electron chi connectivity index (χ2n) is 6.88. The molecule has 2 amide bonds. The SMILES string of the molecule is CCC(Oc1ccc(C)cc1)C(=O)NNC(=O)COc1ccc(C(C)C)cc1. The summed E-state index contributed by atoms with van der Waals surface area (Å²) in [6, 6.07) is 15.0. The summed E-state index contributed by atoms with van der Waals surface area (Å²) >= 11 is 0. The largest absolute Gasteiger partial charge is 0.484 e. The van der Waals surface area contributed by atoms with Gasteiger partial charge in [-0.05, 0) is 49.1 Å². The van der Waals surface area contributed by atoms with Crippen molar-refractivity contribution < 1.29 is 19.1 Å². The van der Waals surface area contributed by atoms with Gasteiger partial charge in [-0.2, -0.15) is 0 Å². The van der Waals surface area contributed by atoms with Crippen molar-refractivity contribution in [3.63, 3.8) is 0 Å². The van der Waals surface area contributed by atoms with E-state index in [1.54, 1.807) is 0 Å². The van der Waals surface area contributed by atoms with Crippen LogP contribution < -0.4 is 20.3 Å². The van der Waals surface area contributed by atoms with Crippen molar-refractivity contribution in [3.8, 4) is 11.5 Å². The number of carbonyl (C=O) groups is 2. The zero-order valence-corrected chi connectivity index (χ0v) is 16.8.